The van der Waals surface area contributed by atoms with Crippen LogP contribution in [-0.4, -0.2) is 37.0 Å². The molecule has 1 saturated carbocycles. The van der Waals surface area contributed by atoms with Crippen molar-refractivity contribution < 1.29 is 4.79 Å². The molecular formula is C18H23Cl3N2O. The van der Waals surface area contributed by atoms with Crippen LogP contribution in [0.4, 0.5) is 0 Å². The molecule has 1 spiro atoms. The number of nitrogens with zero attached hydrogens (tertiary/aromatic N) is 1. The Morgan fingerprint density at radius 3 is 2.58 bits per heavy atom. The largest absolute Gasteiger partial charge is 0.342 e. The van der Waals surface area contributed by atoms with E-state index in [0.717, 1.165) is 51.0 Å². The third-order valence-electron chi connectivity index (χ3n) is 5.94. The number of hydrogen-bond donors (Lipinski definition) is 1. The number of amides is 1. The molecule has 1 N–H and O–H groups in total. The average molecular weight is 390 g/mol. The van der Waals surface area contributed by atoms with Crippen molar-refractivity contribution in [2.75, 3.05) is 26.2 Å². The number of halogens is 3. The first-order valence-electron chi connectivity index (χ1n) is 8.52. The Labute approximate surface area is 159 Å². The molecule has 1 aromatic carbocycles. The SMILES string of the molecule is Cl.O=C(C1CC1c1ccc(Cl)cc1Cl)N1CCC2(CCNC2)CC1. The van der Waals surface area contributed by atoms with Crippen LogP contribution in [0.15, 0.2) is 18.2 Å². The highest BCUT2D eigenvalue weighted by Crippen LogP contribution is 2.51. The summed E-state index contributed by atoms with van der Waals surface area (Å²) in [6.07, 6.45) is 4.47. The van der Waals surface area contributed by atoms with E-state index in [2.05, 4.69) is 10.2 Å². The maximum Gasteiger partial charge on any atom is 0.226 e. The van der Waals surface area contributed by atoms with Crippen molar-refractivity contribution in [3.05, 3.63) is 33.8 Å². The summed E-state index contributed by atoms with van der Waals surface area (Å²) in [5.74, 6) is 0.711. The fourth-order valence-electron chi connectivity index (χ4n) is 4.27. The molecule has 1 aromatic rings. The average Bonchev–Trinajstić information content (AvgIpc) is 3.20. The molecule has 0 radical (unpaired) electrons. The van der Waals surface area contributed by atoms with Crippen LogP contribution in [-0.2, 0) is 4.79 Å². The second kappa shape index (κ2) is 7.03. The lowest BCUT2D eigenvalue weighted by Gasteiger charge is -2.39. The number of benzene rings is 1. The van der Waals surface area contributed by atoms with Gasteiger partial charge in [-0.1, -0.05) is 29.3 Å². The third kappa shape index (κ3) is 3.41. The highest BCUT2D eigenvalue weighted by molar-refractivity contribution is 6.35. The van der Waals surface area contributed by atoms with E-state index in [9.17, 15) is 4.79 Å². The topological polar surface area (TPSA) is 32.3 Å². The van der Waals surface area contributed by atoms with Crippen molar-refractivity contribution in [2.24, 2.45) is 11.3 Å². The van der Waals surface area contributed by atoms with Crippen molar-refractivity contribution in [1.82, 2.24) is 10.2 Å². The molecule has 3 fully saturated rings. The minimum absolute atomic E-state index is 0. The number of piperidine rings is 1. The molecule has 2 unspecified atom stereocenters. The zero-order valence-corrected chi connectivity index (χ0v) is 15.9. The van der Waals surface area contributed by atoms with Gasteiger partial charge >= 0.3 is 0 Å². The molecule has 6 heteroatoms. The van der Waals surface area contributed by atoms with E-state index < -0.39 is 0 Å². The summed E-state index contributed by atoms with van der Waals surface area (Å²) >= 11 is 12.2. The van der Waals surface area contributed by atoms with Gasteiger partial charge in [0.2, 0.25) is 5.91 Å². The summed E-state index contributed by atoms with van der Waals surface area (Å²) in [4.78, 5) is 14.8. The van der Waals surface area contributed by atoms with Gasteiger partial charge in [-0.25, -0.2) is 0 Å². The van der Waals surface area contributed by atoms with Crippen LogP contribution < -0.4 is 5.32 Å². The smallest absolute Gasteiger partial charge is 0.226 e. The summed E-state index contributed by atoms with van der Waals surface area (Å²) in [6, 6.07) is 5.61. The number of carbonyl (C=O) groups excluding carboxylic acids is 1. The molecule has 2 aliphatic heterocycles. The lowest BCUT2D eigenvalue weighted by atomic mass is 9.78. The van der Waals surface area contributed by atoms with Crippen molar-refractivity contribution in [3.63, 3.8) is 0 Å². The predicted molar refractivity (Wildman–Crippen MR) is 100 cm³/mol. The Bertz CT molecular complexity index is 621. The van der Waals surface area contributed by atoms with Crippen molar-refractivity contribution in [3.8, 4) is 0 Å². The Balaban J connectivity index is 0.00000169. The standard InChI is InChI=1S/C18H22Cl2N2O.ClH/c19-12-1-2-13(16(20)9-12)14-10-15(14)17(23)22-7-4-18(5-8-22)3-6-21-11-18;/h1-2,9,14-15,21H,3-8,10-11H2;1H. The minimum Gasteiger partial charge on any atom is -0.342 e. The molecule has 24 heavy (non-hydrogen) atoms. The summed E-state index contributed by atoms with van der Waals surface area (Å²) < 4.78 is 0. The van der Waals surface area contributed by atoms with E-state index in [1.54, 1.807) is 6.07 Å². The Morgan fingerprint density at radius 1 is 1.21 bits per heavy atom. The first kappa shape index (κ1) is 18.3. The third-order valence-corrected chi connectivity index (χ3v) is 6.50. The molecule has 3 nitrogen and oxygen atoms in total. The van der Waals surface area contributed by atoms with E-state index in [-0.39, 0.29) is 24.2 Å². The fraction of sp³-hybridized carbons (Fsp3) is 0.611. The van der Waals surface area contributed by atoms with Gasteiger partial charge in [0.05, 0.1) is 0 Å². The molecule has 2 atom stereocenters. The molecule has 1 aliphatic carbocycles. The summed E-state index contributed by atoms with van der Waals surface area (Å²) in [7, 11) is 0. The van der Waals surface area contributed by atoms with E-state index in [0.29, 0.717) is 21.4 Å². The molecular weight excluding hydrogens is 367 g/mol. The highest BCUT2D eigenvalue weighted by Gasteiger charge is 2.48. The van der Waals surface area contributed by atoms with E-state index >= 15 is 0 Å². The lowest BCUT2D eigenvalue weighted by molar-refractivity contribution is -0.134. The molecule has 3 aliphatic rings. The van der Waals surface area contributed by atoms with Gasteiger partial charge < -0.3 is 10.2 Å². The first-order valence-corrected chi connectivity index (χ1v) is 9.28. The van der Waals surface area contributed by atoms with Crippen LogP contribution in [0.3, 0.4) is 0 Å². The highest BCUT2D eigenvalue weighted by atomic mass is 35.5. The molecule has 2 heterocycles. The zero-order valence-electron chi connectivity index (χ0n) is 13.6. The Morgan fingerprint density at radius 2 is 1.96 bits per heavy atom. The second-order valence-electron chi connectivity index (χ2n) is 7.37. The van der Waals surface area contributed by atoms with Gasteiger partial charge in [-0.05, 0) is 61.3 Å². The fourth-order valence-corrected chi connectivity index (χ4v) is 4.82. The number of likely N-dealkylation sites (tertiary alicyclic amines) is 1. The first-order chi connectivity index (χ1) is 11.1. The zero-order chi connectivity index (χ0) is 16.0. The Kier molecular flexibility index (Phi) is 5.36. The van der Waals surface area contributed by atoms with Gasteiger partial charge in [0.25, 0.3) is 0 Å². The molecule has 4 rings (SSSR count). The van der Waals surface area contributed by atoms with Crippen LogP contribution in [0.5, 0.6) is 0 Å². The van der Waals surface area contributed by atoms with E-state index in [4.69, 9.17) is 23.2 Å². The van der Waals surface area contributed by atoms with Crippen molar-refractivity contribution in [2.45, 2.75) is 31.6 Å². The predicted octanol–water partition coefficient (Wildman–Crippen LogP) is 4.12. The van der Waals surface area contributed by atoms with Gasteiger partial charge in [0.1, 0.15) is 0 Å². The van der Waals surface area contributed by atoms with Gasteiger partial charge in [-0.3, -0.25) is 4.79 Å². The van der Waals surface area contributed by atoms with Crippen LogP contribution in [0, 0.1) is 11.3 Å². The molecule has 0 aromatic heterocycles. The summed E-state index contributed by atoms with van der Waals surface area (Å²) in [6.45, 7) is 4.09. The van der Waals surface area contributed by atoms with Crippen LogP contribution in [0.1, 0.15) is 37.2 Å². The lowest BCUT2D eigenvalue weighted by Crippen LogP contribution is -2.44. The van der Waals surface area contributed by atoms with Crippen molar-refractivity contribution in [1.29, 1.82) is 0 Å². The van der Waals surface area contributed by atoms with Gasteiger partial charge in [-0.15, -0.1) is 12.4 Å². The van der Waals surface area contributed by atoms with Crippen LogP contribution in [0.2, 0.25) is 10.0 Å². The Hall–Kier alpha value is -0.480. The summed E-state index contributed by atoms with van der Waals surface area (Å²) in [5, 5.41) is 4.81. The van der Waals surface area contributed by atoms with Gasteiger partial charge in [0, 0.05) is 35.6 Å². The van der Waals surface area contributed by atoms with E-state index in [1.165, 1.54) is 6.42 Å². The minimum atomic E-state index is 0. The van der Waals surface area contributed by atoms with Gasteiger partial charge in [-0.2, -0.15) is 0 Å². The normalized spacial score (nSPS) is 27.8. The quantitative estimate of drug-likeness (QED) is 0.825. The molecule has 1 amide bonds. The van der Waals surface area contributed by atoms with Gasteiger partial charge in [0.15, 0.2) is 0 Å². The number of rotatable bonds is 2. The maximum absolute atomic E-state index is 12.8. The maximum atomic E-state index is 12.8. The number of nitrogens with one attached hydrogen (secondary N) is 1. The van der Waals surface area contributed by atoms with E-state index in [1.807, 2.05) is 12.1 Å². The number of carbonyl (C=O) groups is 1. The second-order valence-corrected chi connectivity index (χ2v) is 8.21. The molecule has 132 valence electrons. The monoisotopic (exact) mass is 388 g/mol. The summed E-state index contributed by atoms with van der Waals surface area (Å²) in [5.41, 5.74) is 1.53. The van der Waals surface area contributed by atoms with Crippen molar-refractivity contribution >= 4 is 41.5 Å². The van der Waals surface area contributed by atoms with Crippen LogP contribution in [0.25, 0.3) is 0 Å². The van der Waals surface area contributed by atoms with Crippen LogP contribution >= 0.6 is 35.6 Å². The molecule has 0 bridgehead atoms. The number of hydrogen-bond acceptors (Lipinski definition) is 2. The molecule has 2 saturated heterocycles.